The van der Waals surface area contributed by atoms with Crippen LogP contribution in [0.2, 0.25) is 0 Å². The Morgan fingerprint density at radius 3 is 2.50 bits per heavy atom. The van der Waals surface area contributed by atoms with E-state index >= 15 is 0 Å². The molecule has 1 aliphatic rings. The van der Waals surface area contributed by atoms with Crippen molar-refractivity contribution in [2.75, 3.05) is 13.1 Å². The van der Waals surface area contributed by atoms with Crippen LogP contribution in [0.3, 0.4) is 0 Å². The Hall–Kier alpha value is -1.86. The minimum atomic E-state index is -0.0539. The van der Waals surface area contributed by atoms with Gasteiger partial charge in [-0.2, -0.15) is 0 Å². The molecule has 2 aromatic heterocycles. The first-order valence-corrected chi connectivity index (χ1v) is 9.48. The molecule has 3 heterocycles. The van der Waals surface area contributed by atoms with Gasteiger partial charge in [0.2, 0.25) is 0 Å². The largest absolute Gasteiger partial charge is 0.459 e. The van der Waals surface area contributed by atoms with E-state index in [1.54, 1.807) is 0 Å². The van der Waals surface area contributed by atoms with Gasteiger partial charge in [0.15, 0.2) is 10.8 Å². The fourth-order valence-corrected chi connectivity index (χ4v) is 4.44. The first-order chi connectivity index (χ1) is 12.5. The zero-order valence-corrected chi connectivity index (χ0v) is 18.1. The number of aromatic nitrogens is 1. The van der Waals surface area contributed by atoms with Gasteiger partial charge >= 0.3 is 0 Å². The number of halogens is 2. The van der Waals surface area contributed by atoms with Crippen LogP contribution in [-0.4, -0.2) is 34.9 Å². The molecule has 1 fully saturated rings. The highest BCUT2D eigenvalue weighted by Crippen LogP contribution is 2.32. The van der Waals surface area contributed by atoms with Gasteiger partial charge in [-0.1, -0.05) is 30.3 Å². The lowest BCUT2D eigenvalue weighted by Gasteiger charge is -2.15. The lowest BCUT2D eigenvalue weighted by Crippen LogP contribution is -2.32. The number of thiazole rings is 1. The van der Waals surface area contributed by atoms with Gasteiger partial charge in [0.25, 0.3) is 5.91 Å². The summed E-state index contributed by atoms with van der Waals surface area (Å²) in [4.78, 5) is 20.1. The maximum atomic E-state index is 13.1. The second kappa shape index (κ2) is 9.09. The molecule has 0 spiro atoms. The van der Waals surface area contributed by atoms with Crippen LogP contribution in [0.25, 0.3) is 10.8 Å². The number of carbonyl (C=O) groups excluding carboxylic acids is 1. The Morgan fingerprint density at radius 1 is 1.14 bits per heavy atom. The van der Waals surface area contributed by atoms with Gasteiger partial charge in [-0.3, -0.25) is 4.79 Å². The summed E-state index contributed by atoms with van der Waals surface area (Å²) in [5.74, 6) is 1.70. The lowest BCUT2D eigenvalue weighted by molar-refractivity contribution is 0.0793. The average molecular weight is 440 g/mol. The van der Waals surface area contributed by atoms with E-state index in [1.807, 2.05) is 49.1 Å². The molecule has 0 aliphatic carbocycles. The van der Waals surface area contributed by atoms with Crippen LogP contribution in [0.15, 0.2) is 46.9 Å². The second-order valence-corrected chi connectivity index (χ2v) is 7.73. The summed E-state index contributed by atoms with van der Waals surface area (Å²) in [7, 11) is 0. The number of aryl methyl sites for hydroxylation is 2. The molecule has 1 aliphatic heterocycles. The molecule has 5 nitrogen and oxygen atoms in total. The first-order valence-electron chi connectivity index (χ1n) is 8.67. The Kier molecular flexibility index (Phi) is 7.28. The Balaban J connectivity index is 0.00000140. The molecule has 28 heavy (non-hydrogen) atoms. The Morgan fingerprint density at radius 2 is 1.86 bits per heavy atom. The summed E-state index contributed by atoms with van der Waals surface area (Å²) in [5, 5.41) is 0.738. The molecule has 4 rings (SSSR count). The maximum absolute atomic E-state index is 13.1. The molecule has 1 saturated heterocycles. The Labute approximate surface area is 180 Å². The van der Waals surface area contributed by atoms with Crippen molar-refractivity contribution in [3.63, 3.8) is 0 Å². The molecular weight excluding hydrogens is 417 g/mol. The van der Waals surface area contributed by atoms with Gasteiger partial charge in [-0.05, 0) is 31.5 Å². The smallest absolute Gasteiger partial charge is 0.265 e. The highest BCUT2D eigenvalue weighted by atomic mass is 35.5. The minimum Gasteiger partial charge on any atom is -0.459 e. The molecule has 150 valence electrons. The van der Waals surface area contributed by atoms with E-state index in [4.69, 9.17) is 10.2 Å². The quantitative estimate of drug-likeness (QED) is 0.654. The van der Waals surface area contributed by atoms with Crippen LogP contribution in [0.1, 0.15) is 32.6 Å². The highest BCUT2D eigenvalue weighted by molar-refractivity contribution is 7.17. The fraction of sp³-hybridized carbons (Fsp3) is 0.300. The number of carbonyl (C=O) groups is 1. The predicted octanol–water partition coefficient (Wildman–Crippen LogP) is 4.43. The molecule has 0 bridgehead atoms. The number of furan rings is 1. The summed E-state index contributed by atoms with van der Waals surface area (Å²) in [5.41, 5.74) is 8.25. The van der Waals surface area contributed by atoms with Gasteiger partial charge in [0.1, 0.15) is 10.6 Å². The fourth-order valence-electron chi connectivity index (χ4n) is 3.44. The first kappa shape index (κ1) is 22.4. The third-order valence-corrected chi connectivity index (χ3v) is 5.98. The van der Waals surface area contributed by atoms with E-state index in [2.05, 4.69) is 17.1 Å². The summed E-state index contributed by atoms with van der Waals surface area (Å²) in [6.45, 7) is 4.96. The molecule has 0 unspecified atom stereocenters. The van der Waals surface area contributed by atoms with Crippen molar-refractivity contribution < 1.29 is 9.21 Å². The van der Waals surface area contributed by atoms with Crippen LogP contribution >= 0.6 is 36.2 Å². The molecule has 2 atom stereocenters. The summed E-state index contributed by atoms with van der Waals surface area (Å²) in [6, 6.07) is 13.9. The van der Waals surface area contributed by atoms with Gasteiger partial charge in [-0.25, -0.2) is 4.98 Å². The third-order valence-electron chi connectivity index (χ3n) is 4.82. The maximum Gasteiger partial charge on any atom is 0.265 e. The van der Waals surface area contributed by atoms with Crippen molar-refractivity contribution in [3.8, 4) is 10.8 Å². The van der Waals surface area contributed by atoms with Crippen molar-refractivity contribution in [2.24, 2.45) is 5.73 Å². The summed E-state index contributed by atoms with van der Waals surface area (Å²) >= 11 is 1.38. The second-order valence-electron chi connectivity index (χ2n) is 6.74. The molecular formula is C20H23Cl2N3O2S. The van der Waals surface area contributed by atoms with Crippen LogP contribution in [0, 0.1) is 13.8 Å². The number of rotatable bonds is 3. The van der Waals surface area contributed by atoms with Crippen LogP contribution in [0.5, 0.6) is 0 Å². The number of hydrogen-bond acceptors (Lipinski definition) is 5. The number of benzene rings is 1. The summed E-state index contributed by atoms with van der Waals surface area (Å²) in [6.07, 6.45) is 0. The van der Waals surface area contributed by atoms with Crippen molar-refractivity contribution in [3.05, 3.63) is 64.4 Å². The molecule has 3 aromatic rings. The van der Waals surface area contributed by atoms with Gasteiger partial charge in [0.05, 0.1) is 5.69 Å². The normalized spacial score (nSPS) is 18.5. The average Bonchev–Trinajstić information content (AvgIpc) is 3.33. The van der Waals surface area contributed by atoms with Crippen molar-refractivity contribution >= 4 is 42.1 Å². The number of nitrogens with two attached hydrogens (primary N) is 1. The lowest BCUT2D eigenvalue weighted by atomic mass is 9.95. The molecule has 8 heteroatoms. The highest BCUT2D eigenvalue weighted by Gasteiger charge is 2.35. The molecule has 1 amide bonds. The Bertz CT molecular complexity index is 942. The molecule has 1 aromatic carbocycles. The van der Waals surface area contributed by atoms with Gasteiger partial charge in [0, 0.05) is 25.0 Å². The van der Waals surface area contributed by atoms with Crippen LogP contribution in [-0.2, 0) is 0 Å². The number of nitrogens with zero attached hydrogens (tertiary/aromatic N) is 2. The zero-order chi connectivity index (χ0) is 18.3. The van der Waals surface area contributed by atoms with E-state index < -0.39 is 0 Å². The van der Waals surface area contributed by atoms with Gasteiger partial charge < -0.3 is 15.1 Å². The van der Waals surface area contributed by atoms with E-state index in [1.165, 1.54) is 16.9 Å². The minimum absolute atomic E-state index is 0. The van der Waals surface area contributed by atoms with Crippen LogP contribution in [0.4, 0.5) is 0 Å². The molecule has 2 N–H and O–H groups in total. The third kappa shape index (κ3) is 4.25. The monoisotopic (exact) mass is 439 g/mol. The predicted molar refractivity (Wildman–Crippen MR) is 117 cm³/mol. The van der Waals surface area contributed by atoms with Gasteiger partial charge in [-0.15, -0.1) is 36.2 Å². The number of hydrogen-bond donors (Lipinski definition) is 1. The van der Waals surface area contributed by atoms with Crippen molar-refractivity contribution in [1.82, 2.24) is 9.88 Å². The zero-order valence-electron chi connectivity index (χ0n) is 15.6. The number of likely N-dealkylation sites (tertiary alicyclic amines) is 1. The molecule has 0 radical (unpaired) electrons. The van der Waals surface area contributed by atoms with E-state index in [-0.39, 0.29) is 42.7 Å². The topological polar surface area (TPSA) is 72.4 Å². The SMILES string of the molecule is Cc1ccc(-c2nc(C)c(C(=O)N3C[C@@H](N)[C@H](c4ccccc4)C3)s2)o1.Cl.Cl. The standard InChI is InChI=1S/C20H21N3O2S.2ClH/c1-12-8-9-17(25-12)19-22-13(2)18(26-19)20(24)23-10-15(16(21)11-23)14-6-4-3-5-7-14;;/h3-9,15-16H,10-11,21H2,1-2H3;2*1H/t15-,16+;;/m0../s1. The van der Waals surface area contributed by atoms with Crippen molar-refractivity contribution in [1.29, 1.82) is 0 Å². The number of amides is 1. The van der Waals surface area contributed by atoms with E-state index in [0.717, 1.165) is 16.5 Å². The van der Waals surface area contributed by atoms with Crippen molar-refractivity contribution in [2.45, 2.75) is 25.8 Å². The van der Waals surface area contributed by atoms with Crippen LogP contribution < -0.4 is 5.73 Å². The molecule has 0 saturated carbocycles. The van der Waals surface area contributed by atoms with E-state index in [9.17, 15) is 4.79 Å². The van der Waals surface area contributed by atoms with E-state index in [0.29, 0.717) is 23.7 Å². The summed E-state index contributed by atoms with van der Waals surface area (Å²) < 4.78 is 5.64.